The fraction of sp³-hybridized carbons (Fsp3) is 0.500. The molecule has 18 heavy (non-hydrogen) atoms. The van der Waals surface area contributed by atoms with E-state index >= 15 is 0 Å². The lowest BCUT2D eigenvalue weighted by atomic mass is 9.89. The van der Waals surface area contributed by atoms with E-state index in [4.69, 9.17) is 5.73 Å². The number of amides is 1. The summed E-state index contributed by atoms with van der Waals surface area (Å²) in [6.45, 7) is 2.97. The second-order valence-corrected chi connectivity index (χ2v) is 6.35. The van der Waals surface area contributed by atoms with Crippen molar-refractivity contribution in [1.29, 1.82) is 0 Å². The van der Waals surface area contributed by atoms with Gasteiger partial charge in [0.2, 0.25) is 0 Å². The lowest BCUT2D eigenvalue weighted by Gasteiger charge is -2.23. The molecule has 1 aliphatic rings. The van der Waals surface area contributed by atoms with Gasteiger partial charge in [-0.1, -0.05) is 35.7 Å². The first-order chi connectivity index (χ1) is 8.50. The molecule has 0 radical (unpaired) electrons. The van der Waals surface area contributed by atoms with Crippen molar-refractivity contribution in [2.75, 3.05) is 12.3 Å². The van der Waals surface area contributed by atoms with Gasteiger partial charge in [-0.25, -0.2) is 0 Å². The maximum atomic E-state index is 12.1. The van der Waals surface area contributed by atoms with E-state index in [0.29, 0.717) is 11.3 Å². The Balaban J connectivity index is 2.01. The summed E-state index contributed by atoms with van der Waals surface area (Å²) in [5, 5.41) is 3.01. The molecule has 0 spiro atoms. The van der Waals surface area contributed by atoms with Crippen LogP contribution < -0.4 is 11.1 Å². The third kappa shape index (κ3) is 3.05. The third-order valence-electron chi connectivity index (χ3n) is 3.75. The van der Waals surface area contributed by atoms with E-state index in [-0.39, 0.29) is 11.3 Å². The number of nitrogens with one attached hydrogen (secondary N) is 1. The molecule has 0 saturated heterocycles. The first kappa shape index (κ1) is 13.4. The Morgan fingerprint density at radius 2 is 2.11 bits per heavy atom. The van der Waals surface area contributed by atoms with Crippen LogP contribution in [-0.2, 0) is 0 Å². The van der Waals surface area contributed by atoms with Gasteiger partial charge in [0, 0.05) is 16.7 Å². The SMILES string of the molecule is CC1(CNC(=O)c2cc(Br)ccc2N)CCCC1. The summed E-state index contributed by atoms with van der Waals surface area (Å²) in [6.07, 6.45) is 4.93. The van der Waals surface area contributed by atoms with E-state index in [9.17, 15) is 4.79 Å². The van der Waals surface area contributed by atoms with Gasteiger partial charge in [0.05, 0.1) is 5.56 Å². The fourth-order valence-corrected chi connectivity index (χ4v) is 2.88. The van der Waals surface area contributed by atoms with Crippen LogP contribution in [0.3, 0.4) is 0 Å². The summed E-state index contributed by atoms with van der Waals surface area (Å²) in [7, 11) is 0. The van der Waals surface area contributed by atoms with Crippen molar-refractivity contribution < 1.29 is 4.79 Å². The normalized spacial score (nSPS) is 17.7. The number of halogens is 1. The molecule has 0 bridgehead atoms. The van der Waals surface area contributed by atoms with E-state index in [1.807, 2.05) is 6.07 Å². The molecule has 0 heterocycles. The van der Waals surface area contributed by atoms with Crippen LogP contribution >= 0.6 is 15.9 Å². The van der Waals surface area contributed by atoms with Crippen molar-refractivity contribution in [1.82, 2.24) is 5.32 Å². The number of nitrogens with two attached hydrogens (primary N) is 1. The van der Waals surface area contributed by atoms with Crippen LogP contribution in [0.25, 0.3) is 0 Å². The Bertz CT molecular complexity index is 453. The molecule has 0 unspecified atom stereocenters. The molecule has 98 valence electrons. The number of hydrogen-bond donors (Lipinski definition) is 2. The molecule has 3 nitrogen and oxygen atoms in total. The average molecular weight is 311 g/mol. The highest BCUT2D eigenvalue weighted by molar-refractivity contribution is 9.10. The number of carbonyl (C=O) groups is 1. The summed E-state index contributed by atoms with van der Waals surface area (Å²) < 4.78 is 0.869. The molecule has 0 atom stereocenters. The number of rotatable bonds is 3. The highest BCUT2D eigenvalue weighted by Crippen LogP contribution is 2.36. The molecule has 1 aliphatic carbocycles. The zero-order chi connectivity index (χ0) is 13.2. The maximum Gasteiger partial charge on any atom is 0.253 e. The van der Waals surface area contributed by atoms with Crippen LogP contribution in [-0.4, -0.2) is 12.5 Å². The van der Waals surface area contributed by atoms with Gasteiger partial charge in [-0.2, -0.15) is 0 Å². The lowest BCUT2D eigenvalue weighted by molar-refractivity contribution is 0.0935. The summed E-state index contributed by atoms with van der Waals surface area (Å²) in [4.78, 5) is 12.1. The topological polar surface area (TPSA) is 55.1 Å². The van der Waals surface area contributed by atoms with Gasteiger partial charge in [-0.05, 0) is 36.5 Å². The van der Waals surface area contributed by atoms with Crippen LogP contribution in [0.5, 0.6) is 0 Å². The second kappa shape index (κ2) is 5.31. The number of nitrogen functional groups attached to an aromatic ring is 1. The lowest BCUT2D eigenvalue weighted by Crippen LogP contribution is -2.34. The van der Waals surface area contributed by atoms with Crippen molar-refractivity contribution in [3.63, 3.8) is 0 Å². The van der Waals surface area contributed by atoms with E-state index in [0.717, 1.165) is 11.0 Å². The minimum atomic E-state index is -0.0816. The molecule has 1 aromatic rings. The molecule has 1 saturated carbocycles. The van der Waals surface area contributed by atoms with E-state index in [2.05, 4.69) is 28.2 Å². The zero-order valence-electron chi connectivity index (χ0n) is 10.6. The molecule has 0 aromatic heterocycles. The Labute approximate surface area is 116 Å². The molecule has 2 rings (SSSR count). The first-order valence-electron chi connectivity index (χ1n) is 6.33. The van der Waals surface area contributed by atoms with E-state index < -0.39 is 0 Å². The minimum Gasteiger partial charge on any atom is -0.398 e. The molecule has 1 aromatic carbocycles. The smallest absolute Gasteiger partial charge is 0.253 e. The molecule has 3 N–H and O–H groups in total. The Morgan fingerprint density at radius 3 is 2.78 bits per heavy atom. The monoisotopic (exact) mass is 310 g/mol. The molecular weight excluding hydrogens is 292 g/mol. The Kier molecular flexibility index (Phi) is 3.95. The molecular formula is C14H19BrN2O. The van der Waals surface area contributed by atoms with Crippen molar-refractivity contribution in [3.05, 3.63) is 28.2 Å². The third-order valence-corrected chi connectivity index (χ3v) is 4.24. The summed E-state index contributed by atoms with van der Waals surface area (Å²) in [6, 6.07) is 5.35. The predicted molar refractivity (Wildman–Crippen MR) is 77.5 cm³/mol. The Hall–Kier alpha value is -1.03. The zero-order valence-corrected chi connectivity index (χ0v) is 12.2. The predicted octanol–water partition coefficient (Wildman–Crippen LogP) is 3.34. The quantitative estimate of drug-likeness (QED) is 0.841. The summed E-state index contributed by atoms with van der Waals surface area (Å²) in [5.74, 6) is -0.0816. The summed E-state index contributed by atoms with van der Waals surface area (Å²) in [5.41, 5.74) is 7.15. The van der Waals surface area contributed by atoms with Gasteiger partial charge in [-0.15, -0.1) is 0 Å². The fourth-order valence-electron chi connectivity index (χ4n) is 2.52. The van der Waals surface area contributed by atoms with E-state index in [1.54, 1.807) is 12.1 Å². The number of anilines is 1. The van der Waals surface area contributed by atoms with Crippen LogP contribution in [0.2, 0.25) is 0 Å². The van der Waals surface area contributed by atoms with Crippen LogP contribution in [0.15, 0.2) is 22.7 Å². The van der Waals surface area contributed by atoms with Crippen LogP contribution in [0.1, 0.15) is 43.0 Å². The van der Waals surface area contributed by atoms with Crippen LogP contribution in [0, 0.1) is 5.41 Å². The van der Waals surface area contributed by atoms with Crippen molar-refractivity contribution in [2.24, 2.45) is 5.41 Å². The standard InChI is InChI=1S/C14H19BrN2O/c1-14(6-2-3-7-14)9-17-13(18)11-8-10(15)4-5-12(11)16/h4-5,8H,2-3,6-7,9,16H2,1H3,(H,17,18). The van der Waals surface area contributed by atoms with Gasteiger partial charge in [-0.3, -0.25) is 4.79 Å². The van der Waals surface area contributed by atoms with Gasteiger partial charge in [0.25, 0.3) is 5.91 Å². The van der Waals surface area contributed by atoms with Crippen LogP contribution in [0.4, 0.5) is 5.69 Å². The van der Waals surface area contributed by atoms with Crippen molar-refractivity contribution in [3.8, 4) is 0 Å². The number of benzene rings is 1. The molecule has 0 aliphatic heterocycles. The van der Waals surface area contributed by atoms with Gasteiger partial charge < -0.3 is 11.1 Å². The Morgan fingerprint density at radius 1 is 1.44 bits per heavy atom. The molecule has 4 heteroatoms. The maximum absolute atomic E-state index is 12.1. The molecule has 1 fully saturated rings. The largest absolute Gasteiger partial charge is 0.398 e. The van der Waals surface area contributed by atoms with E-state index in [1.165, 1.54) is 25.7 Å². The number of hydrogen-bond acceptors (Lipinski definition) is 2. The number of carbonyl (C=O) groups excluding carboxylic acids is 1. The van der Waals surface area contributed by atoms with Crippen molar-refractivity contribution in [2.45, 2.75) is 32.6 Å². The van der Waals surface area contributed by atoms with Crippen molar-refractivity contribution >= 4 is 27.5 Å². The molecule has 1 amide bonds. The highest BCUT2D eigenvalue weighted by atomic mass is 79.9. The first-order valence-corrected chi connectivity index (χ1v) is 7.13. The van der Waals surface area contributed by atoms with Gasteiger partial charge >= 0.3 is 0 Å². The second-order valence-electron chi connectivity index (χ2n) is 5.43. The summed E-state index contributed by atoms with van der Waals surface area (Å²) >= 11 is 3.36. The van der Waals surface area contributed by atoms with Gasteiger partial charge in [0.15, 0.2) is 0 Å². The average Bonchev–Trinajstić information content (AvgIpc) is 2.77. The minimum absolute atomic E-state index is 0.0816. The highest BCUT2D eigenvalue weighted by Gasteiger charge is 2.29. The van der Waals surface area contributed by atoms with Gasteiger partial charge in [0.1, 0.15) is 0 Å².